The lowest BCUT2D eigenvalue weighted by Crippen LogP contribution is -2.38. The van der Waals surface area contributed by atoms with Gasteiger partial charge in [-0.2, -0.15) is 0 Å². The molecule has 7 nitrogen and oxygen atoms in total. The maximum Gasteiger partial charge on any atom is 0.262 e. The van der Waals surface area contributed by atoms with E-state index in [-0.39, 0.29) is 16.6 Å². The molecule has 188 valence electrons. The van der Waals surface area contributed by atoms with Crippen LogP contribution in [0.25, 0.3) is 22.6 Å². The van der Waals surface area contributed by atoms with E-state index in [0.29, 0.717) is 23.3 Å². The number of oxazole rings is 1. The Balaban J connectivity index is 1.48. The van der Waals surface area contributed by atoms with Crippen molar-refractivity contribution in [1.29, 1.82) is 0 Å². The lowest BCUT2D eigenvalue weighted by atomic mass is 9.85. The Hall–Kier alpha value is -2.47. The average molecular weight is 543 g/mol. The van der Waals surface area contributed by atoms with E-state index in [2.05, 4.69) is 18.4 Å². The number of hydrogen-bond acceptors (Lipinski definition) is 8. The van der Waals surface area contributed by atoms with Gasteiger partial charge in [-0.1, -0.05) is 42.5 Å². The van der Waals surface area contributed by atoms with Crippen molar-refractivity contribution in [3.05, 3.63) is 71.6 Å². The van der Waals surface area contributed by atoms with Gasteiger partial charge in [0.15, 0.2) is 5.76 Å². The number of ether oxygens (including phenoxy) is 2. The van der Waals surface area contributed by atoms with Gasteiger partial charge in [0, 0.05) is 31.1 Å². The molecule has 2 unspecified atom stereocenters. The van der Waals surface area contributed by atoms with Crippen molar-refractivity contribution in [3.8, 4) is 22.6 Å². The van der Waals surface area contributed by atoms with Gasteiger partial charge in [0.1, 0.15) is 5.69 Å². The van der Waals surface area contributed by atoms with Crippen LogP contribution in [0.2, 0.25) is 0 Å². The first-order valence-corrected chi connectivity index (χ1v) is 14.6. The summed E-state index contributed by atoms with van der Waals surface area (Å²) in [7, 11) is -2.02. The number of aromatic nitrogens is 1. The van der Waals surface area contributed by atoms with Gasteiger partial charge in [0.25, 0.3) is 5.22 Å². The Kier molecular flexibility index (Phi) is 7.08. The Bertz CT molecular complexity index is 1450. The second-order valence-electron chi connectivity index (χ2n) is 8.68. The van der Waals surface area contributed by atoms with Gasteiger partial charge >= 0.3 is 0 Å². The number of nitrogens with two attached hydrogens (primary N) is 1. The summed E-state index contributed by atoms with van der Waals surface area (Å²) < 4.78 is 42.4. The summed E-state index contributed by atoms with van der Waals surface area (Å²) in [5.41, 5.74) is 3.03. The number of hydrogen-bond donors (Lipinski definition) is 1. The predicted molar refractivity (Wildman–Crippen MR) is 141 cm³/mol. The van der Waals surface area contributed by atoms with E-state index in [1.807, 2.05) is 30.3 Å². The molecule has 0 spiro atoms. The molecule has 2 aromatic heterocycles. The van der Waals surface area contributed by atoms with Crippen molar-refractivity contribution in [1.82, 2.24) is 4.98 Å². The molecule has 0 bridgehead atoms. The molecular formula is C26H26N2O5S3. The van der Waals surface area contributed by atoms with E-state index >= 15 is 0 Å². The van der Waals surface area contributed by atoms with Crippen LogP contribution in [-0.4, -0.2) is 33.2 Å². The molecule has 1 aliphatic heterocycles. The molecule has 0 aliphatic carbocycles. The predicted octanol–water partition coefficient (Wildman–Crippen LogP) is 5.91. The Morgan fingerprint density at radius 2 is 1.89 bits per heavy atom. The molecule has 1 saturated heterocycles. The highest BCUT2D eigenvalue weighted by Crippen LogP contribution is 2.44. The topological polar surface area (TPSA) is 105 Å². The van der Waals surface area contributed by atoms with Crippen molar-refractivity contribution in [2.24, 2.45) is 5.14 Å². The third-order valence-electron chi connectivity index (χ3n) is 6.31. The highest BCUT2D eigenvalue weighted by molar-refractivity contribution is 8.00. The van der Waals surface area contributed by atoms with Crippen LogP contribution >= 0.6 is 23.1 Å². The van der Waals surface area contributed by atoms with E-state index in [1.165, 1.54) is 23.9 Å². The SMILES string of the molecule is COC1(c2csc(Sc3nc(-c4ccc(S(N)(=O)=O)cc4)c(-c4ccccc4)o3)c2)CCOC(C)C1. The van der Waals surface area contributed by atoms with Gasteiger partial charge in [0.2, 0.25) is 10.0 Å². The van der Waals surface area contributed by atoms with Crippen LogP contribution in [0.1, 0.15) is 25.3 Å². The molecule has 0 radical (unpaired) electrons. The van der Waals surface area contributed by atoms with E-state index in [4.69, 9.17) is 24.0 Å². The number of rotatable bonds is 7. The molecule has 0 saturated carbocycles. The first-order valence-electron chi connectivity index (χ1n) is 11.4. The minimum Gasteiger partial charge on any atom is -0.430 e. The maximum atomic E-state index is 11.7. The second-order valence-corrected chi connectivity index (χ2v) is 12.4. The Morgan fingerprint density at radius 3 is 2.56 bits per heavy atom. The number of sulfonamides is 1. The molecule has 1 fully saturated rings. The fraction of sp³-hybridized carbons (Fsp3) is 0.269. The Labute approximate surface area is 218 Å². The molecule has 2 aromatic carbocycles. The highest BCUT2D eigenvalue weighted by Gasteiger charge is 2.38. The summed E-state index contributed by atoms with van der Waals surface area (Å²) >= 11 is 3.08. The molecule has 1 aliphatic rings. The van der Waals surface area contributed by atoms with Crippen molar-refractivity contribution in [3.63, 3.8) is 0 Å². The summed E-state index contributed by atoms with van der Waals surface area (Å²) in [4.78, 5) is 4.83. The summed E-state index contributed by atoms with van der Waals surface area (Å²) in [6, 6.07) is 18.2. The van der Waals surface area contributed by atoms with Crippen LogP contribution < -0.4 is 5.14 Å². The number of nitrogens with zero attached hydrogens (tertiary/aromatic N) is 1. The van der Waals surface area contributed by atoms with Crippen LogP contribution in [0.3, 0.4) is 0 Å². The first kappa shape index (κ1) is 25.2. The molecule has 10 heteroatoms. The third kappa shape index (κ3) is 5.15. The quantitative estimate of drug-likeness (QED) is 0.310. The molecule has 36 heavy (non-hydrogen) atoms. The zero-order valence-corrected chi connectivity index (χ0v) is 22.3. The van der Waals surface area contributed by atoms with Crippen LogP contribution in [0.5, 0.6) is 0 Å². The molecule has 3 heterocycles. The molecule has 5 rings (SSSR count). The number of methoxy groups -OCH3 is 1. The second kappa shape index (κ2) is 10.1. The standard InChI is InChI=1S/C26H26N2O5S3/c1-17-15-26(31-2,12-13-32-17)20-14-22(34-16-20)35-25-28-23(24(33-25)19-6-4-3-5-7-19)18-8-10-21(11-9-18)36(27,29)30/h3-11,14,16-17H,12-13,15H2,1-2H3,(H2,27,29,30). The van der Waals surface area contributed by atoms with Gasteiger partial charge in [-0.3, -0.25) is 0 Å². The van der Waals surface area contributed by atoms with Crippen LogP contribution in [0, 0.1) is 0 Å². The fourth-order valence-electron chi connectivity index (χ4n) is 4.44. The van der Waals surface area contributed by atoms with Crippen LogP contribution in [-0.2, 0) is 25.1 Å². The minimum atomic E-state index is -3.78. The zero-order chi connectivity index (χ0) is 25.3. The van der Waals surface area contributed by atoms with Gasteiger partial charge in [-0.15, -0.1) is 11.3 Å². The van der Waals surface area contributed by atoms with E-state index < -0.39 is 10.0 Å². The lowest BCUT2D eigenvalue weighted by Gasteiger charge is -2.38. The fourth-order valence-corrected chi connectivity index (χ4v) is 6.85. The largest absolute Gasteiger partial charge is 0.430 e. The van der Waals surface area contributed by atoms with Crippen LogP contribution in [0.4, 0.5) is 0 Å². The number of primary sulfonamides is 1. The van der Waals surface area contributed by atoms with Gasteiger partial charge in [0.05, 0.1) is 27.4 Å². The van der Waals surface area contributed by atoms with Gasteiger partial charge in [-0.25, -0.2) is 18.5 Å². The van der Waals surface area contributed by atoms with E-state index in [9.17, 15) is 8.42 Å². The summed E-state index contributed by atoms with van der Waals surface area (Å²) in [5, 5.41) is 7.90. The smallest absolute Gasteiger partial charge is 0.262 e. The lowest BCUT2D eigenvalue weighted by molar-refractivity contribution is -0.122. The normalized spacial score (nSPS) is 20.5. The summed E-state index contributed by atoms with van der Waals surface area (Å²) in [6.45, 7) is 2.74. The van der Waals surface area contributed by atoms with Crippen molar-refractivity contribution < 1.29 is 22.3 Å². The number of benzene rings is 2. The maximum absolute atomic E-state index is 11.7. The molecular weight excluding hydrogens is 516 g/mol. The molecule has 2 atom stereocenters. The van der Waals surface area contributed by atoms with E-state index in [1.54, 1.807) is 30.6 Å². The highest BCUT2D eigenvalue weighted by atomic mass is 32.2. The van der Waals surface area contributed by atoms with E-state index in [0.717, 1.165) is 33.7 Å². The Morgan fingerprint density at radius 1 is 1.14 bits per heavy atom. The summed E-state index contributed by atoms with van der Waals surface area (Å²) in [6.07, 6.45) is 1.75. The summed E-state index contributed by atoms with van der Waals surface area (Å²) in [5.74, 6) is 0.616. The monoisotopic (exact) mass is 542 g/mol. The van der Waals surface area contributed by atoms with Crippen molar-refractivity contribution in [2.75, 3.05) is 13.7 Å². The average Bonchev–Trinajstić information content (AvgIpc) is 3.52. The zero-order valence-electron chi connectivity index (χ0n) is 19.8. The van der Waals surface area contributed by atoms with Crippen molar-refractivity contribution >= 4 is 33.1 Å². The minimum absolute atomic E-state index is 0.0474. The molecule has 0 amide bonds. The number of thiophene rings is 1. The molecule has 2 N–H and O–H groups in total. The molecule has 4 aromatic rings. The third-order valence-corrected chi connectivity index (χ3v) is 9.16. The van der Waals surface area contributed by atoms with Crippen molar-refractivity contribution in [2.45, 2.75) is 45.8 Å². The first-order chi connectivity index (χ1) is 17.3. The van der Waals surface area contributed by atoms with Crippen LogP contribution in [0.15, 0.2) is 84.8 Å². The van der Waals surface area contributed by atoms with Gasteiger partial charge < -0.3 is 13.9 Å². The van der Waals surface area contributed by atoms with Gasteiger partial charge in [-0.05, 0) is 47.8 Å².